The first-order valence-corrected chi connectivity index (χ1v) is 5.51. The zero-order valence-corrected chi connectivity index (χ0v) is 10.6. The van der Waals surface area contributed by atoms with E-state index >= 15 is 0 Å². The van der Waals surface area contributed by atoms with E-state index in [1.807, 2.05) is 0 Å². The van der Waals surface area contributed by atoms with Gasteiger partial charge in [-0.05, 0) is 12.1 Å². The Labute approximate surface area is 109 Å². The lowest BCUT2D eigenvalue weighted by molar-refractivity contribution is -0.137. The molecule has 0 aliphatic carbocycles. The molecule has 1 aromatic rings. The molecular formula is C12H15FN2O4. The molecule has 7 heteroatoms. The van der Waals surface area contributed by atoms with Crippen molar-refractivity contribution in [3.05, 3.63) is 24.0 Å². The van der Waals surface area contributed by atoms with Gasteiger partial charge in [-0.1, -0.05) is 0 Å². The van der Waals surface area contributed by atoms with E-state index < -0.39 is 17.8 Å². The number of benzene rings is 1. The topological polar surface area (TPSA) is 78.9 Å². The summed E-state index contributed by atoms with van der Waals surface area (Å²) in [6, 6.07) is 3.36. The maximum Gasteiger partial charge on any atom is 0.321 e. The Balaban J connectivity index is 2.68. The lowest BCUT2D eigenvalue weighted by Gasteiger charge is -2.17. The molecule has 0 aliphatic rings. The molecule has 0 radical (unpaired) electrons. The Hall–Kier alpha value is -2.31. The van der Waals surface area contributed by atoms with Crippen molar-refractivity contribution in [2.75, 3.05) is 26.0 Å². The lowest BCUT2D eigenvalue weighted by Crippen LogP contribution is -2.33. The van der Waals surface area contributed by atoms with E-state index in [2.05, 4.69) is 5.32 Å². The molecule has 0 unspecified atom stereocenters. The summed E-state index contributed by atoms with van der Waals surface area (Å²) in [6.07, 6.45) is -0.176. The van der Waals surface area contributed by atoms with E-state index in [0.29, 0.717) is 5.75 Å². The summed E-state index contributed by atoms with van der Waals surface area (Å²) >= 11 is 0. The highest BCUT2D eigenvalue weighted by Gasteiger charge is 2.13. The number of carboxylic acid groups (broad SMARTS) is 1. The highest BCUT2D eigenvalue weighted by Crippen LogP contribution is 2.21. The predicted octanol–water partition coefficient (Wildman–Crippen LogP) is 1.77. The molecule has 0 saturated heterocycles. The normalized spacial score (nSPS) is 9.84. The van der Waals surface area contributed by atoms with Crippen LogP contribution in [0.5, 0.6) is 5.75 Å². The van der Waals surface area contributed by atoms with Gasteiger partial charge in [0.2, 0.25) is 0 Å². The maximum absolute atomic E-state index is 13.5. The second-order valence-corrected chi connectivity index (χ2v) is 3.84. The van der Waals surface area contributed by atoms with Gasteiger partial charge >= 0.3 is 12.0 Å². The highest BCUT2D eigenvalue weighted by atomic mass is 19.1. The molecule has 0 fully saturated rings. The molecule has 2 N–H and O–H groups in total. The molecule has 0 spiro atoms. The summed E-state index contributed by atoms with van der Waals surface area (Å²) in [4.78, 5) is 23.2. The van der Waals surface area contributed by atoms with Crippen LogP contribution in [0.1, 0.15) is 6.42 Å². The Morgan fingerprint density at radius 1 is 1.47 bits per heavy atom. The third kappa shape index (κ3) is 4.46. The maximum atomic E-state index is 13.5. The van der Waals surface area contributed by atoms with Crippen LogP contribution in [0.25, 0.3) is 0 Å². The Kier molecular flexibility index (Phi) is 5.11. The first-order valence-electron chi connectivity index (χ1n) is 5.51. The van der Waals surface area contributed by atoms with E-state index in [9.17, 15) is 14.0 Å². The van der Waals surface area contributed by atoms with Crippen molar-refractivity contribution in [2.24, 2.45) is 0 Å². The number of amides is 2. The number of carbonyl (C=O) groups excluding carboxylic acids is 1. The van der Waals surface area contributed by atoms with Crippen molar-refractivity contribution in [1.29, 1.82) is 0 Å². The second-order valence-electron chi connectivity index (χ2n) is 3.84. The second kappa shape index (κ2) is 6.58. The molecule has 0 bridgehead atoms. The smallest absolute Gasteiger partial charge is 0.321 e. The lowest BCUT2D eigenvalue weighted by atomic mass is 10.3. The summed E-state index contributed by atoms with van der Waals surface area (Å²) < 4.78 is 18.4. The van der Waals surface area contributed by atoms with Crippen LogP contribution in [0.15, 0.2) is 18.2 Å². The van der Waals surface area contributed by atoms with Crippen molar-refractivity contribution in [3.8, 4) is 5.75 Å². The molecule has 1 aromatic carbocycles. The fraction of sp³-hybridized carbons (Fsp3) is 0.333. The van der Waals surface area contributed by atoms with Gasteiger partial charge in [0.15, 0.2) is 0 Å². The first-order chi connectivity index (χ1) is 8.93. The van der Waals surface area contributed by atoms with Gasteiger partial charge in [-0.15, -0.1) is 0 Å². The summed E-state index contributed by atoms with van der Waals surface area (Å²) in [5, 5.41) is 10.9. The van der Waals surface area contributed by atoms with Crippen molar-refractivity contribution in [2.45, 2.75) is 6.42 Å². The summed E-state index contributed by atoms with van der Waals surface area (Å²) in [6.45, 7) is 0.0345. The third-order valence-corrected chi connectivity index (χ3v) is 2.42. The number of halogens is 1. The van der Waals surface area contributed by atoms with Crippen molar-refractivity contribution >= 4 is 17.7 Å². The molecule has 1 rings (SSSR count). The highest BCUT2D eigenvalue weighted by molar-refractivity contribution is 5.89. The van der Waals surface area contributed by atoms with Crippen LogP contribution < -0.4 is 10.1 Å². The van der Waals surface area contributed by atoms with Gasteiger partial charge in [-0.2, -0.15) is 0 Å². The summed E-state index contributed by atoms with van der Waals surface area (Å²) in [5.41, 5.74) is -0.0217. The molecule has 0 atom stereocenters. The number of aliphatic carboxylic acids is 1. The number of hydrogen-bond acceptors (Lipinski definition) is 3. The average molecular weight is 270 g/mol. The van der Waals surface area contributed by atoms with Gasteiger partial charge in [-0.3, -0.25) is 4.79 Å². The van der Waals surface area contributed by atoms with Gasteiger partial charge < -0.3 is 20.1 Å². The Morgan fingerprint density at radius 2 is 2.16 bits per heavy atom. The number of methoxy groups -OCH3 is 1. The van der Waals surface area contributed by atoms with Crippen molar-refractivity contribution < 1.29 is 23.8 Å². The number of anilines is 1. The van der Waals surface area contributed by atoms with Crippen LogP contribution in [0, 0.1) is 5.82 Å². The van der Waals surface area contributed by atoms with E-state index in [4.69, 9.17) is 9.84 Å². The molecule has 6 nitrogen and oxygen atoms in total. The van der Waals surface area contributed by atoms with E-state index in [0.717, 1.165) is 4.90 Å². The minimum Gasteiger partial charge on any atom is -0.497 e. The molecular weight excluding hydrogens is 255 g/mol. The SMILES string of the molecule is COc1ccc(F)c(NC(=O)N(C)CCC(=O)O)c1. The van der Waals surface area contributed by atoms with E-state index in [1.165, 1.54) is 32.4 Å². The van der Waals surface area contributed by atoms with E-state index in [-0.39, 0.29) is 18.7 Å². The van der Waals surface area contributed by atoms with Gasteiger partial charge in [-0.25, -0.2) is 9.18 Å². The van der Waals surface area contributed by atoms with Crippen LogP contribution in [-0.2, 0) is 4.79 Å². The number of rotatable bonds is 5. The molecule has 0 saturated carbocycles. The average Bonchev–Trinajstić information content (AvgIpc) is 2.38. The third-order valence-electron chi connectivity index (χ3n) is 2.42. The van der Waals surface area contributed by atoms with Gasteiger partial charge in [0, 0.05) is 19.7 Å². The van der Waals surface area contributed by atoms with Crippen molar-refractivity contribution in [3.63, 3.8) is 0 Å². The first kappa shape index (κ1) is 14.7. The zero-order valence-electron chi connectivity index (χ0n) is 10.6. The monoisotopic (exact) mass is 270 g/mol. The van der Waals surface area contributed by atoms with Crippen LogP contribution in [0.3, 0.4) is 0 Å². The number of ether oxygens (including phenoxy) is 1. The standard InChI is InChI=1S/C12H15FN2O4/c1-15(6-5-11(16)17)12(18)14-10-7-8(19-2)3-4-9(10)13/h3-4,7H,5-6H2,1-2H3,(H,14,18)(H,16,17). The van der Waals surface area contributed by atoms with Crippen LogP contribution in [0.4, 0.5) is 14.9 Å². The number of carboxylic acids is 1. The number of urea groups is 1. The Bertz CT molecular complexity index is 479. The fourth-order valence-corrected chi connectivity index (χ4v) is 1.30. The van der Waals surface area contributed by atoms with Crippen LogP contribution in [0.2, 0.25) is 0 Å². The zero-order chi connectivity index (χ0) is 14.4. The molecule has 19 heavy (non-hydrogen) atoms. The van der Waals surface area contributed by atoms with Crippen LogP contribution in [-0.4, -0.2) is 42.7 Å². The number of hydrogen-bond donors (Lipinski definition) is 2. The van der Waals surface area contributed by atoms with Crippen LogP contribution >= 0.6 is 0 Å². The molecule has 0 aromatic heterocycles. The minimum absolute atomic E-state index is 0.0217. The number of nitrogens with zero attached hydrogens (tertiary/aromatic N) is 1. The van der Waals surface area contributed by atoms with Gasteiger partial charge in [0.25, 0.3) is 0 Å². The summed E-state index contributed by atoms with van der Waals surface area (Å²) in [5.74, 6) is -1.20. The molecule has 104 valence electrons. The molecule has 0 aliphatic heterocycles. The molecule has 2 amide bonds. The predicted molar refractivity (Wildman–Crippen MR) is 66.9 cm³/mol. The minimum atomic E-state index is -1.01. The Morgan fingerprint density at radius 3 is 2.74 bits per heavy atom. The number of carbonyl (C=O) groups is 2. The summed E-state index contributed by atoms with van der Waals surface area (Å²) in [7, 11) is 2.86. The van der Waals surface area contributed by atoms with Gasteiger partial charge in [0.05, 0.1) is 19.2 Å². The molecule has 0 heterocycles. The number of nitrogens with one attached hydrogen (secondary N) is 1. The van der Waals surface area contributed by atoms with Gasteiger partial charge in [0.1, 0.15) is 11.6 Å². The van der Waals surface area contributed by atoms with E-state index in [1.54, 1.807) is 0 Å². The largest absolute Gasteiger partial charge is 0.497 e. The van der Waals surface area contributed by atoms with Crippen molar-refractivity contribution in [1.82, 2.24) is 4.90 Å². The quantitative estimate of drug-likeness (QED) is 0.854. The fourth-order valence-electron chi connectivity index (χ4n) is 1.30.